The predicted octanol–water partition coefficient (Wildman–Crippen LogP) is 4.70. The van der Waals surface area contributed by atoms with E-state index in [0.29, 0.717) is 31.1 Å². The third-order valence-electron chi connectivity index (χ3n) is 6.05. The molecule has 8 nitrogen and oxygen atoms in total. The maximum Gasteiger partial charge on any atom is 0.322 e. The zero-order valence-corrected chi connectivity index (χ0v) is 18.7. The number of anilines is 1. The molecule has 1 aliphatic heterocycles. The number of para-hydroxylation sites is 2. The van der Waals surface area contributed by atoms with Crippen LogP contribution in [-0.4, -0.2) is 43.4 Å². The summed E-state index contributed by atoms with van der Waals surface area (Å²) in [6, 6.07) is 17.4. The number of aryl methyl sites for hydroxylation is 1. The van der Waals surface area contributed by atoms with Crippen LogP contribution in [0.1, 0.15) is 31.6 Å². The van der Waals surface area contributed by atoms with Crippen molar-refractivity contribution in [1.82, 2.24) is 24.2 Å². The average molecular weight is 445 g/mol. The molecular weight excluding hydrogens is 416 g/mol. The highest BCUT2D eigenvalue weighted by Gasteiger charge is 2.33. The third-order valence-corrected chi connectivity index (χ3v) is 6.05. The Labute approximate surface area is 192 Å². The topological polar surface area (TPSA) is 77.2 Å². The van der Waals surface area contributed by atoms with Gasteiger partial charge in [-0.3, -0.25) is 4.68 Å². The number of likely N-dealkylation sites (tertiary alicyclic amines) is 1. The second-order valence-corrected chi connectivity index (χ2v) is 8.13. The molecule has 2 aromatic carbocycles. The number of urea groups is 1. The van der Waals surface area contributed by atoms with Crippen molar-refractivity contribution < 1.29 is 9.53 Å². The van der Waals surface area contributed by atoms with E-state index in [-0.39, 0.29) is 12.1 Å². The molecule has 170 valence electrons. The summed E-state index contributed by atoms with van der Waals surface area (Å²) in [6.07, 6.45) is 5.52. The lowest BCUT2D eigenvalue weighted by Crippen LogP contribution is -2.35. The highest BCUT2D eigenvalue weighted by atomic mass is 16.5. The zero-order valence-electron chi connectivity index (χ0n) is 18.7. The Morgan fingerprint density at radius 2 is 2.09 bits per heavy atom. The number of nitrogens with one attached hydrogen (secondary N) is 1. The zero-order chi connectivity index (χ0) is 22.6. The van der Waals surface area contributed by atoms with Gasteiger partial charge < -0.3 is 19.5 Å². The van der Waals surface area contributed by atoms with E-state index in [9.17, 15) is 4.79 Å². The van der Waals surface area contributed by atoms with Crippen LogP contribution in [-0.2, 0) is 13.1 Å². The smallest absolute Gasteiger partial charge is 0.322 e. The lowest BCUT2D eigenvalue weighted by Gasteiger charge is -2.25. The Hall–Kier alpha value is -3.81. The molecule has 0 radical (unpaired) electrons. The van der Waals surface area contributed by atoms with Crippen molar-refractivity contribution in [2.75, 3.05) is 18.5 Å². The van der Waals surface area contributed by atoms with Gasteiger partial charge in [0.15, 0.2) is 0 Å². The van der Waals surface area contributed by atoms with Crippen molar-refractivity contribution >= 4 is 22.8 Å². The number of amides is 2. The minimum Gasteiger partial charge on any atom is -0.492 e. The van der Waals surface area contributed by atoms with Crippen molar-refractivity contribution in [1.29, 1.82) is 0 Å². The summed E-state index contributed by atoms with van der Waals surface area (Å²) in [5, 5.41) is 7.23. The van der Waals surface area contributed by atoms with Gasteiger partial charge in [-0.1, -0.05) is 18.2 Å². The normalized spacial score (nSPS) is 15.8. The Kier molecular flexibility index (Phi) is 5.97. The first kappa shape index (κ1) is 21.1. The fourth-order valence-electron chi connectivity index (χ4n) is 4.51. The number of hydrogen-bond acceptors (Lipinski definition) is 4. The molecule has 5 rings (SSSR count). The molecule has 0 aliphatic carbocycles. The molecular formula is C25H28N6O2. The summed E-state index contributed by atoms with van der Waals surface area (Å²) in [5.41, 5.74) is 2.80. The molecule has 1 aliphatic rings. The summed E-state index contributed by atoms with van der Waals surface area (Å²) in [4.78, 5) is 20.0. The predicted molar refractivity (Wildman–Crippen MR) is 127 cm³/mol. The van der Waals surface area contributed by atoms with Crippen LogP contribution < -0.4 is 10.1 Å². The summed E-state index contributed by atoms with van der Waals surface area (Å²) in [6.45, 7) is 4.82. The van der Waals surface area contributed by atoms with Gasteiger partial charge in [-0.2, -0.15) is 5.10 Å². The van der Waals surface area contributed by atoms with Crippen molar-refractivity contribution in [3.63, 3.8) is 0 Å². The summed E-state index contributed by atoms with van der Waals surface area (Å²) in [5.74, 6) is 1.67. The number of fused-ring (bicyclic) bond motifs is 1. The summed E-state index contributed by atoms with van der Waals surface area (Å²) < 4.78 is 9.89. The summed E-state index contributed by atoms with van der Waals surface area (Å²) in [7, 11) is 0. The molecule has 1 atom stereocenters. The number of aromatic nitrogens is 4. The lowest BCUT2D eigenvalue weighted by atomic mass is 10.2. The molecule has 1 unspecified atom stereocenters. The Balaban J connectivity index is 1.28. The molecule has 1 fully saturated rings. The van der Waals surface area contributed by atoms with E-state index < -0.39 is 0 Å². The number of carbonyl (C=O) groups excluding carboxylic acids is 1. The number of ether oxygens (including phenoxy) is 1. The average Bonchev–Trinajstić information content (AvgIpc) is 3.58. The van der Waals surface area contributed by atoms with E-state index in [2.05, 4.69) is 28.0 Å². The van der Waals surface area contributed by atoms with Crippen molar-refractivity contribution in [2.24, 2.45) is 0 Å². The Bertz CT molecular complexity index is 1230. The highest BCUT2D eigenvalue weighted by molar-refractivity contribution is 5.90. The Morgan fingerprint density at radius 3 is 2.94 bits per heavy atom. The van der Waals surface area contributed by atoms with Crippen LogP contribution in [0.2, 0.25) is 0 Å². The van der Waals surface area contributed by atoms with E-state index >= 15 is 0 Å². The van der Waals surface area contributed by atoms with Gasteiger partial charge in [0.2, 0.25) is 0 Å². The van der Waals surface area contributed by atoms with E-state index in [1.165, 1.54) is 0 Å². The van der Waals surface area contributed by atoms with E-state index in [1.807, 2.05) is 64.3 Å². The standard InChI is InChI=1S/C25H28N6O2/c1-2-30-22-11-4-3-10-21(22)28-24(30)23-12-6-15-31(23)25(32)27-19-8-5-9-20(18-19)33-17-16-29-14-7-13-26-29/h3-5,7-11,13-14,18,23H,2,6,12,15-17H2,1H3,(H,27,32). The number of hydrogen-bond donors (Lipinski definition) is 1. The largest absolute Gasteiger partial charge is 0.492 e. The van der Waals surface area contributed by atoms with E-state index in [0.717, 1.165) is 36.2 Å². The van der Waals surface area contributed by atoms with Crippen LogP contribution in [0.3, 0.4) is 0 Å². The molecule has 0 saturated carbocycles. The van der Waals surface area contributed by atoms with Crippen LogP contribution in [0.15, 0.2) is 67.0 Å². The van der Waals surface area contributed by atoms with E-state index in [4.69, 9.17) is 9.72 Å². The van der Waals surface area contributed by atoms with Gasteiger partial charge in [-0.25, -0.2) is 9.78 Å². The molecule has 1 saturated heterocycles. The fraction of sp³-hybridized carbons (Fsp3) is 0.320. The molecule has 2 aromatic heterocycles. The molecule has 4 aromatic rings. The quantitative estimate of drug-likeness (QED) is 0.448. The number of nitrogens with zero attached hydrogens (tertiary/aromatic N) is 5. The SMILES string of the molecule is CCn1c(C2CCCN2C(=O)Nc2cccc(OCCn3cccn3)c2)nc2ccccc21. The maximum absolute atomic E-state index is 13.2. The fourth-order valence-corrected chi connectivity index (χ4v) is 4.51. The van der Waals surface area contributed by atoms with Gasteiger partial charge in [0.05, 0.1) is 23.6 Å². The van der Waals surface area contributed by atoms with Crippen molar-refractivity contribution in [3.8, 4) is 5.75 Å². The van der Waals surface area contributed by atoms with Crippen molar-refractivity contribution in [2.45, 2.75) is 38.9 Å². The molecule has 1 N–H and O–H groups in total. The van der Waals surface area contributed by atoms with Gasteiger partial charge in [0, 0.05) is 37.2 Å². The van der Waals surface area contributed by atoms with Crippen LogP contribution in [0.25, 0.3) is 11.0 Å². The molecule has 8 heteroatoms. The number of carbonyl (C=O) groups is 1. The van der Waals surface area contributed by atoms with Crippen LogP contribution in [0, 0.1) is 0 Å². The number of benzene rings is 2. The molecule has 2 amide bonds. The van der Waals surface area contributed by atoms with Gasteiger partial charge in [0.25, 0.3) is 0 Å². The molecule has 3 heterocycles. The monoisotopic (exact) mass is 444 g/mol. The minimum atomic E-state index is -0.110. The second kappa shape index (κ2) is 9.36. The number of imidazole rings is 1. The summed E-state index contributed by atoms with van der Waals surface area (Å²) >= 11 is 0. The lowest BCUT2D eigenvalue weighted by molar-refractivity contribution is 0.204. The molecule has 0 bridgehead atoms. The third kappa shape index (κ3) is 4.41. The van der Waals surface area contributed by atoms with Crippen LogP contribution >= 0.6 is 0 Å². The van der Waals surface area contributed by atoms with Gasteiger partial charge in [0.1, 0.15) is 18.2 Å². The second-order valence-electron chi connectivity index (χ2n) is 8.13. The Morgan fingerprint density at radius 1 is 1.18 bits per heavy atom. The molecule has 0 spiro atoms. The first-order chi connectivity index (χ1) is 16.2. The van der Waals surface area contributed by atoms with Crippen molar-refractivity contribution in [3.05, 3.63) is 72.8 Å². The maximum atomic E-state index is 13.2. The number of rotatable bonds is 7. The minimum absolute atomic E-state index is 0.0362. The van der Waals surface area contributed by atoms with Crippen LogP contribution in [0.5, 0.6) is 5.75 Å². The van der Waals surface area contributed by atoms with Gasteiger partial charge >= 0.3 is 6.03 Å². The highest BCUT2D eigenvalue weighted by Crippen LogP contribution is 2.34. The van der Waals surface area contributed by atoms with Crippen LogP contribution in [0.4, 0.5) is 10.5 Å². The first-order valence-electron chi connectivity index (χ1n) is 11.5. The van der Waals surface area contributed by atoms with Gasteiger partial charge in [-0.15, -0.1) is 0 Å². The first-order valence-corrected chi connectivity index (χ1v) is 11.5. The van der Waals surface area contributed by atoms with Gasteiger partial charge in [-0.05, 0) is 50.1 Å². The van der Waals surface area contributed by atoms with E-state index in [1.54, 1.807) is 6.20 Å². The molecule has 33 heavy (non-hydrogen) atoms.